The molecule has 0 aliphatic heterocycles. The van der Waals surface area contributed by atoms with E-state index in [-0.39, 0.29) is 0 Å². The first-order valence-electron chi connectivity index (χ1n) is 3.75. The highest BCUT2D eigenvalue weighted by Gasteiger charge is 2.11. The Kier molecular flexibility index (Phi) is 1.86. The highest BCUT2D eigenvalue weighted by Crippen LogP contribution is 2.20. The molecular formula is C7H8IN5. The second-order valence-corrected chi connectivity index (χ2v) is 3.86. The summed E-state index contributed by atoms with van der Waals surface area (Å²) in [6.45, 7) is 3.71. The first-order valence-corrected chi connectivity index (χ1v) is 4.82. The van der Waals surface area contributed by atoms with Crippen LogP contribution in [-0.2, 0) is 0 Å². The van der Waals surface area contributed by atoms with Gasteiger partial charge >= 0.3 is 0 Å². The Hall–Kier alpha value is -0.920. The third-order valence-corrected chi connectivity index (χ3v) is 3.03. The van der Waals surface area contributed by atoms with E-state index in [0.29, 0.717) is 11.6 Å². The van der Waals surface area contributed by atoms with Crippen molar-refractivity contribution in [3.8, 4) is 0 Å². The molecule has 2 N–H and O–H groups in total. The van der Waals surface area contributed by atoms with E-state index in [0.717, 1.165) is 14.8 Å². The summed E-state index contributed by atoms with van der Waals surface area (Å²) in [5.41, 5.74) is 7.47. The molecule has 0 radical (unpaired) electrons. The van der Waals surface area contributed by atoms with Crippen molar-refractivity contribution in [1.82, 2.24) is 19.8 Å². The molecule has 5 nitrogen and oxygen atoms in total. The number of hydrogen-bond donors (Lipinski definition) is 1. The van der Waals surface area contributed by atoms with Gasteiger partial charge < -0.3 is 5.73 Å². The summed E-state index contributed by atoms with van der Waals surface area (Å²) in [6, 6.07) is 0. The molecule has 0 aliphatic carbocycles. The fourth-order valence-electron chi connectivity index (χ4n) is 1.17. The fraction of sp³-hybridized carbons (Fsp3) is 0.286. The van der Waals surface area contributed by atoms with E-state index in [1.807, 2.05) is 6.92 Å². The Morgan fingerprint density at radius 1 is 1.31 bits per heavy atom. The van der Waals surface area contributed by atoms with Gasteiger partial charge in [0.2, 0.25) is 0 Å². The predicted octanol–water partition coefficient (Wildman–Crippen LogP) is 0.928. The quantitative estimate of drug-likeness (QED) is 0.732. The molecule has 0 atom stereocenters. The normalized spacial score (nSPS) is 11.0. The maximum atomic E-state index is 5.75. The molecule has 0 aliphatic rings. The van der Waals surface area contributed by atoms with Crippen LogP contribution in [0.1, 0.15) is 11.5 Å². The van der Waals surface area contributed by atoms with Gasteiger partial charge in [-0.25, -0.2) is 4.98 Å². The molecule has 0 unspecified atom stereocenters. The van der Waals surface area contributed by atoms with Gasteiger partial charge in [0.25, 0.3) is 0 Å². The predicted molar refractivity (Wildman–Crippen MR) is 57.4 cm³/mol. The van der Waals surface area contributed by atoms with Crippen LogP contribution >= 0.6 is 22.6 Å². The molecule has 2 aromatic heterocycles. The SMILES string of the molecule is Cc1nc(N)c2c(I)c(C)nn2n1. The molecule has 68 valence electrons. The molecule has 6 heteroatoms. The largest absolute Gasteiger partial charge is 0.382 e. The number of nitrogen functional groups attached to an aromatic ring is 1. The Labute approximate surface area is 88.5 Å². The number of rotatable bonds is 0. The average Bonchev–Trinajstić information content (AvgIpc) is 2.27. The zero-order chi connectivity index (χ0) is 9.59. The zero-order valence-electron chi connectivity index (χ0n) is 7.24. The molecule has 0 saturated heterocycles. The number of hydrogen-bond acceptors (Lipinski definition) is 4. The van der Waals surface area contributed by atoms with Crippen LogP contribution in [0.25, 0.3) is 5.52 Å². The number of anilines is 1. The van der Waals surface area contributed by atoms with E-state index in [9.17, 15) is 0 Å². The Balaban J connectivity index is 2.94. The van der Waals surface area contributed by atoms with Gasteiger partial charge in [0.1, 0.15) is 11.3 Å². The van der Waals surface area contributed by atoms with Crippen LogP contribution in [0.3, 0.4) is 0 Å². The van der Waals surface area contributed by atoms with Crippen molar-refractivity contribution in [2.45, 2.75) is 13.8 Å². The highest BCUT2D eigenvalue weighted by molar-refractivity contribution is 14.1. The number of aromatic nitrogens is 4. The maximum Gasteiger partial charge on any atom is 0.154 e. The lowest BCUT2D eigenvalue weighted by atomic mass is 10.4. The van der Waals surface area contributed by atoms with Gasteiger partial charge in [0.15, 0.2) is 5.82 Å². The smallest absolute Gasteiger partial charge is 0.154 e. The van der Waals surface area contributed by atoms with Gasteiger partial charge in [0, 0.05) is 0 Å². The molecule has 0 saturated carbocycles. The summed E-state index contributed by atoms with van der Waals surface area (Å²) in [6.07, 6.45) is 0. The zero-order valence-corrected chi connectivity index (χ0v) is 9.40. The van der Waals surface area contributed by atoms with Crippen molar-refractivity contribution < 1.29 is 0 Å². The lowest BCUT2D eigenvalue weighted by Crippen LogP contribution is -2.04. The number of nitrogens with zero attached hydrogens (tertiary/aromatic N) is 4. The third kappa shape index (κ3) is 1.25. The van der Waals surface area contributed by atoms with Crippen molar-refractivity contribution in [2.75, 3.05) is 5.73 Å². The van der Waals surface area contributed by atoms with Crippen LogP contribution in [0.2, 0.25) is 0 Å². The molecule has 13 heavy (non-hydrogen) atoms. The van der Waals surface area contributed by atoms with Crippen LogP contribution < -0.4 is 5.73 Å². The molecule has 2 heterocycles. The summed E-state index contributed by atoms with van der Waals surface area (Å²) < 4.78 is 2.55. The topological polar surface area (TPSA) is 69.1 Å². The number of aryl methyl sites for hydroxylation is 2. The van der Waals surface area contributed by atoms with Gasteiger partial charge in [-0.15, -0.1) is 9.73 Å². The van der Waals surface area contributed by atoms with E-state index in [1.54, 1.807) is 6.92 Å². The van der Waals surface area contributed by atoms with E-state index in [4.69, 9.17) is 5.73 Å². The summed E-state index contributed by atoms with van der Waals surface area (Å²) >= 11 is 2.19. The van der Waals surface area contributed by atoms with Gasteiger partial charge in [-0.2, -0.15) is 5.10 Å². The van der Waals surface area contributed by atoms with Gasteiger partial charge in [0.05, 0.1) is 9.26 Å². The van der Waals surface area contributed by atoms with Crippen molar-refractivity contribution >= 4 is 33.9 Å². The summed E-state index contributed by atoms with van der Waals surface area (Å²) in [5, 5.41) is 8.34. The van der Waals surface area contributed by atoms with Gasteiger partial charge in [-0.3, -0.25) is 0 Å². The summed E-state index contributed by atoms with van der Waals surface area (Å²) in [7, 11) is 0. The van der Waals surface area contributed by atoms with E-state index >= 15 is 0 Å². The number of halogens is 1. The van der Waals surface area contributed by atoms with Crippen molar-refractivity contribution in [1.29, 1.82) is 0 Å². The standard InChI is InChI=1S/C7H8IN5/c1-3-5(8)6-7(9)10-4(2)12-13(6)11-3/h1-2H3,(H2,9,10,12). The van der Waals surface area contributed by atoms with Gasteiger partial charge in [-0.05, 0) is 36.4 Å². The molecule has 2 aromatic rings. The monoisotopic (exact) mass is 289 g/mol. The molecule has 0 fully saturated rings. The lowest BCUT2D eigenvalue weighted by Gasteiger charge is -1.97. The Bertz CT molecular complexity index is 475. The molecule has 0 aromatic carbocycles. The van der Waals surface area contributed by atoms with Crippen molar-refractivity contribution in [3.63, 3.8) is 0 Å². The van der Waals surface area contributed by atoms with Crippen molar-refractivity contribution in [3.05, 3.63) is 15.1 Å². The molecule has 0 spiro atoms. The fourth-order valence-corrected chi connectivity index (χ4v) is 1.77. The minimum absolute atomic E-state index is 0.484. The molecule has 0 bridgehead atoms. The lowest BCUT2D eigenvalue weighted by molar-refractivity contribution is 0.750. The minimum atomic E-state index is 0.484. The Morgan fingerprint density at radius 2 is 2.00 bits per heavy atom. The van der Waals surface area contributed by atoms with Crippen LogP contribution in [0.5, 0.6) is 0 Å². The minimum Gasteiger partial charge on any atom is -0.382 e. The van der Waals surface area contributed by atoms with E-state index in [1.165, 1.54) is 4.63 Å². The molecule has 2 rings (SSSR count). The average molecular weight is 289 g/mol. The second kappa shape index (κ2) is 2.79. The third-order valence-electron chi connectivity index (χ3n) is 1.73. The summed E-state index contributed by atoms with van der Waals surface area (Å²) in [4.78, 5) is 4.08. The van der Waals surface area contributed by atoms with Crippen LogP contribution in [0.15, 0.2) is 0 Å². The van der Waals surface area contributed by atoms with E-state index < -0.39 is 0 Å². The number of fused-ring (bicyclic) bond motifs is 1. The van der Waals surface area contributed by atoms with Crippen LogP contribution in [0.4, 0.5) is 5.82 Å². The summed E-state index contributed by atoms with van der Waals surface area (Å²) in [5.74, 6) is 1.11. The van der Waals surface area contributed by atoms with Crippen LogP contribution in [0, 0.1) is 17.4 Å². The van der Waals surface area contributed by atoms with Gasteiger partial charge in [-0.1, -0.05) is 0 Å². The highest BCUT2D eigenvalue weighted by atomic mass is 127. The van der Waals surface area contributed by atoms with E-state index in [2.05, 4.69) is 37.8 Å². The molecular weight excluding hydrogens is 281 g/mol. The number of nitrogens with two attached hydrogens (primary N) is 1. The second-order valence-electron chi connectivity index (χ2n) is 2.78. The van der Waals surface area contributed by atoms with Crippen LogP contribution in [-0.4, -0.2) is 19.8 Å². The Morgan fingerprint density at radius 3 is 2.69 bits per heavy atom. The maximum absolute atomic E-state index is 5.75. The molecule has 0 amide bonds. The first-order chi connectivity index (χ1) is 6.09. The first kappa shape index (κ1) is 8.67. The van der Waals surface area contributed by atoms with Crippen molar-refractivity contribution in [2.24, 2.45) is 0 Å².